The molecule has 2 fully saturated rings. The highest BCUT2D eigenvalue weighted by Gasteiger charge is 2.31. The second kappa shape index (κ2) is 9.17. The molecule has 0 spiro atoms. The maximum atomic E-state index is 13.4. The number of likely N-dealkylation sites (tertiary alicyclic amines) is 1. The van der Waals surface area contributed by atoms with Crippen LogP contribution in [0.1, 0.15) is 57.4 Å². The van der Waals surface area contributed by atoms with Crippen molar-refractivity contribution in [2.24, 2.45) is 5.92 Å². The molecule has 1 amide bonds. The fraction of sp³-hybridized carbons (Fsp3) is 0.696. The summed E-state index contributed by atoms with van der Waals surface area (Å²) in [4.78, 5) is 18.1. The molecule has 0 bridgehead atoms. The van der Waals surface area contributed by atoms with Gasteiger partial charge in [0.2, 0.25) is 5.91 Å². The molecule has 1 aliphatic carbocycles. The molecule has 28 heavy (non-hydrogen) atoms. The van der Waals surface area contributed by atoms with Gasteiger partial charge in [-0.25, -0.2) is 0 Å². The predicted octanol–water partition coefficient (Wildman–Crippen LogP) is 3.85. The van der Waals surface area contributed by atoms with Crippen LogP contribution >= 0.6 is 0 Å². The molecule has 1 aromatic rings. The van der Waals surface area contributed by atoms with Gasteiger partial charge < -0.3 is 14.4 Å². The number of carbonyl (C=O) groups is 1. The van der Waals surface area contributed by atoms with E-state index in [1.807, 2.05) is 6.07 Å². The Balaban J connectivity index is 1.50. The molecule has 0 radical (unpaired) electrons. The van der Waals surface area contributed by atoms with Crippen molar-refractivity contribution in [2.45, 2.75) is 64.5 Å². The average Bonchev–Trinajstić information content (AvgIpc) is 3.20. The highest BCUT2D eigenvalue weighted by molar-refractivity contribution is 5.79. The molecular weight excluding hydrogens is 352 g/mol. The SMILES string of the molecule is CCN1CCC[C@H]1CN(Cc1ccc2c(c1)OCCO2)C(=O)C1CCCCC1. The normalized spacial score (nSPS) is 23.0. The molecule has 5 heteroatoms. The highest BCUT2D eigenvalue weighted by atomic mass is 16.6. The van der Waals surface area contributed by atoms with E-state index in [1.165, 1.54) is 32.1 Å². The Morgan fingerprint density at radius 3 is 2.64 bits per heavy atom. The predicted molar refractivity (Wildman–Crippen MR) is 110 cm³/mol. The van der Waals surface area contributed by atoms with Gasteiger partial charge in [0, 0.05) is 25.0 Å². The van der Waals surface area contributed by atoms with Gasteiger partial charge in [0.1, 0.15) is 13.2 Å². The van der Waals surface area contributed by atoms with E-state index in [0.29, 0.717) is 31.7 Å². The second-order valence-electron chi connectivity index (χ2n) is 8.46. The minimum absolute atomic E-state index is 0.211. The summed E-state index contributed by atoms with van der Waals surface area (Å²) in [6.07, 6.45) is 8.21. The fourth-order valence-corrected chi connectivity index (χ4v) is 5.02. The summed E-state index contributed by atoms with van der Waals surface area (Å²) in [7, 11) is 0. The third-order valence-corrected chi connectivity index (χ3v) is 6.58. The molecule has 0 unspecified atom stereocenters. The molecular formula is C23H34N2O3. The molecule has 3 aliphatic rings. The first-order valence-corrected chi connectivity index (χ1v) is 11.2. The van der Waals surface area contributed by atoms with Crippen LogP contribution in [0.15, 0.2) is 18.2 Å². The van der Waals surface area contributed by atoms with E-state index in [-0.39, 0.29) is 5.92 Å². The number of hydrogen-bond donors (Lipinski definition) is 0. The topological polar surface area (TPSA) is 42.0 Å². The van der Waals surface area contributed by atoms with Crippen LogP contribution < -0.4 is 9.47 Å². The molecule has 0 N–H and O–H groups in total. The highest BCUT2D eigenvalue weighted by Crippen LogP contribution is 2.32. The second-order valence-corrected chi connectivity index (χ2v) is 8.46. The minimum Gasteiger partial charge on any atom is -0.486 e. The van der Waals surface area contributed by atoms with Crippen LogP contribution in [0, 0.1) is 5.92 Å². The van der Waals surface area contributed by atoms with E-state index in [4.69, 9.17) is 9.47 Å². The molecule has 2 heterocycles. The van der Waals surface area contributed by atoms with E-state index >= 15 is 0 Å². The van der Waals surface area contributed by atoms with Crippen molar-refractivity contribution >= 4 is 5.91 Å². The summed E-state index contributed by atoms with van der Waals surface area (Å²) in [5.74, 6) is 2.19. The summed E-state index contributed by atoms with van der Waals surface area (Å²) >= 11 is 0. The summed E-state index contributed by atoms with van der Waals surface area (Å²) in [5.41, 5.74) is 1.13. The maximum Gasteiger partial charge on any atom is 0.226 e. The van der Waals surface area contributed by atoms with E-state index in [9.17, 15) is 4.79 Å². The van der Waals surface area contributed by atoms with Crippen molar-refractivity contribution in [1.82, 2.24) is 9.80 Å². The van der Waals surface area contributed by atoms with Crippen molar-refractivity contribution in [2.75, 3.05) is 32.8 Å². The number of fused-ring (bicyclic) bond motifs is 1. The zero-order valence-electron chi connectivity index (χ0n) is 17.2. The van der Waals surface area contributed by atoms with Crippen LogP contribution in [-0.2, 0) is 11.3 Å². The fourth-order valence-electron chi connectivity index (χ4n) is 5.02. The molecule has 0 aromatic heterocycles. The van der Waals surface area contributed by atoms with Crippen molar-refractivity contribution in [1.29, 1.82) is 0 Å². The zero-order valence-corrected chi connectivity index (χ0v) is 17.2. The molecule has 1 saturated heterocycles. The van der Waals surface area contributed by atoms with Gasteiger partial charge >= 0.3 is 0 Å². The van der Waals surface area contributed by atoms with Gasteiger partial charge in [-0.1, -0.05) is 32.3 Å². The Bertz CT molecular complexity index is 672. The number of ether oxygens (including phenoxy) is 2. The van der Waals surface area contributed by atoms with Gasteiger partial charge in [-0.05, 0) is 56.5 Å². The average molecular weight is 387 g/mol. The van der Waals surface area contributed by atoms with E-state index in [2.05, 4.69) is 28.9 Å². The van der Waals surface area contributed by atoms with Gasteiger partial charge in [0.05, 0.1) is 0 Å². The molecule has 1 aromatic carbocycles. The van der Waals surface area contributed by atoms with Crippen LogP contribution in [0.25, 0.3) is 0 Å². The summed E-state index contributed by atoms with van der Waals surface area (Å²) in [5, 5.41) is 0. The number of benzene rings is 1. The first-order valence-electron chi connectivity index (χ1n) is 11.2. The lowest BCUT2D eigenvalue weighted by atomic mass is 9.88. The largest absolute Gasteiger partial charge is 0.486 e. The Labute approximate surface area is 169 Å². The van der Waals surface area contributed by atoms with Gasteiger partial charge in [-0.3, -0.25) is 9.69 Å². The van der Waals surface area contributed by atoms with Crippen molar-refractivity contribution < 1.29 is 14.3 Å². The first kappa shape index (κ1) is 19.6. The molecule has 2 aliphatic heterocycles. The quantitative estimate of drug-likeness (QED) is 0.745. The summed E-state index contributed by atoms with van der Waals surface area (Å²) < 4.78 is 11.4. The number of rotatable bonds is 6. The van der Waals surface area contributed by atoms with Crippen LogP contribution in [0.4, 0.5) is 0 Å². The third-order valence-electron chi connectivity index (χ3n) is 6.58. The van der Waals surface area contributed by atoms with Crippen LogP contribution in [0.5, 0.6) is 11.5 Å². The number of likely N-dealkylation sites (N-methyl/N-ethyl adjacent to an activating group) is 1. The molecule has 1 saturated carbocycles. The lowest BCUT2D eigenvalue weighted by molar-refractivity contribution is -0.138. The van der Waals surface area contributed by atoms with Crippen LogP contribution in [0.2, 0.25) is 0 Å². The molecule has 154 valence electrons. The lowest BCUT2D eigenvalue weighted by Gasteiger charge is -2.34. The summed E-state index contributed by atoms with van der Waals surface area (Å²) in [6, 6.07) is 6.62. The molecule has 1 atom stereocenters. The van der Waals surface area contributed by atoms with Gasteiger partial charge in [-0.15, -0.1) is 0 Å². The molecule has 5 nitrogen and oxygen atoms in total. The maximum absolute atomic E-state index is 13.4. The van der Waals surface area contributed by atoms with E-state index in [1.54, 1.807) is 0 Å². The van der Waals surface area contributed by atoms with E-state index in [0.717, 1.165) is 49.5 Å². The number of carbonyl (C=O) groups excluding carboxylic acids is 1. The number of nitrogens with zero attached hydrogens (tertiary/aromatic N) is 2. The molecule has 4 rings (SSSR count). The Morgan fingerprint density at radius 1 is 1.07 bits per heavy atom. The van der Waals surface area contributed by atoms with Gasteiger partial charge in [0.25, 0.3) is 0 Å². The lowest BCUT2D eigenvalue weighted by Crippen LogP contribution is -2.45. The van der Waals surface area contributed by atoms with Crippen molar-refractivity contribution in [3.63, 3.8) is 0 Å². The van der Waals surface area contributed by atoms with Gasteiger partial charge in [-0.2, -0.15) is 0 Å². The minimum atomic E-state index is 0.211. The Morgan fingerprint density at radius 2 is 1.86 bits per heavy atom. The van der Waals surface area contributed by atoms with E-state index < -0.39 is 0 Å². The van der Waals surface area contributed by atoms with Gasteiger partial charge in [0.15, 0.2) is 11.5 Å². The number of hydrogen-bond acceptors (Lipinski definition) is 4. The standard InChI is InChI=1S/C23H34N2O3/c1-2-24-12-6-9-20(24)17-25(23(26)19-7-4-3-5-8-19)16-18-10-11-21-22(15-18)28-14-13-27-21/h10-11,15,19-20H,2-9,12-14,16-17H2,1H3/t20-/m0/s1. The van der Waals surface area contributed by atoms with Crippen LogP contribution in [-0.4, -0.2) is 54.6 Å². The third kappa shape index (κ3) is 4.45. The first-order chi connectivity index (χ1) is 13.7. The number of amides is 1. The Kier molecular flexibility index (Phi) is 6.40. The van der Waals surface area contributed by atoms with Crippen LogP contribution in [0.3, 0.4) is 0 Å². The van der Waals surface area contributed by atoms with Crippen molar-refractivity contribution in [3.8, 4) is 11.5 Å². The summed E-state index contributed by atoms with van der Waals surface area (Å²) in [6.45, 7) is 7.17. The zero-order chi connectivity index (χ0) is 19.3. The van der Waals surface area contributed by atoms with Crippen molar-refractivity contribution in [3.05, 3.63) is 23.8 Å². The Hall–Kier alpha value is -1.75. The smallest absolute Gasteiger partial charge is 0.226 e. The monoisotopic (exact) mass is 386 g/mol.